The van der Waals surface area contributed by atoms with E-state index in [0.717, 1.165) is 0 Å². The zero-order chi connectivity index (χ0) is 8.97. The molecule has 1 heterocycles. The van der Waals surface area contributed by atoms with E-state index in [0.29, 0.717) is 0 Å². The molecule has 0 unspecified atom stereocenters. The highest BCUT2D eigenvalue weighted by Gasteiger charge is 2.08. The molecule has 1 rings (SSSR count). The maximum absolute atomic E-state index is 10.9. The third kappa shape index (κ3) is 2.12. The van der Waals surface area contributed by atoms with Gasteiger partial charge in [-0.2, -0.15) is 0 Å². The Morgan fingerprint density at radius 1 is 1.58 bits per heavy atom. The van der Waals surface area contributed by atoms with Crippen LogP contribution in [0.25, 0.3) is 0 Å². The molecular weight excluding hydrogens is 162 g/mol. The van der Waals surface area contributed by atoms with Gasteiger partial charge in [0.05, 0.1) is 6.26 Å². The van der Waals surface area contributed by atoms with Crippen molar-refractivity contribution >= 4 is 11.9 Å². The van der Waals surface area contributed by atoms with Crippen LogP contribution in [0.5, 0.6) is 0 Å². The molecule has 2 N–H and O–H groups in total. The Morgan fingerprint density at radius 3 is 2.83 bits per heavy atom. The van der Waals surface area contributed by atoms with Crippen LogP contribution in [0.1, 0.15) is 10.6 Å². The molecule has 5 nitrogen and oxygen atoms in total. The zero-order valence-electron chi connectivity index (χ0n) is 6.11. The van der Waals surface area contributed by atoms with Crippen molar-refractivity contribution in [2.45, 2.75) is 0 Å². The van der Waals surface area contributed by atoms with E-state index in [9.17, 15) is 9.59 Å². The predicted molar refractivity (Wildman–Crippen MR) is 38.7 cm³/mol. The molecule has 0 bridgehead atoms. The van der Waals surface area contributed by atoms with Crippen molar-refractivity contribution in [1.29, 1.82) is 0 Å². The first-order valence-electron chi connectivity index (χ1n) is 3.23. The van der Waals surface area contributed by atoms with Crippen molar-refractivity contribution in [2.24, 2.45) is 0 Å². The molecule has 0 saturated heterocycles. The van der Waals surface area contributed by atoms with Crippen molar-refractivity contribution in [3.8, 4) is 0 Å². The first-order valence-corrected chi connectivity index (χ1v) is 3.23. The highest BCUT2D eigenvalue weighted by Crippen LogP contribution is 1.98. The molecule has 0 fully saturated rings. The van der Waals surface area contributed by atoms with Gasteiger partial charge in [-0.1, -0.05) is 0 Å². The maximum Gasteiger partial charge on any atom is 0.322 e. The Bertz CT molecular complexity index is 278. The molecule has 0 saturated carbocycles. The van der Waals surface area contributed by atoms with Gasteiger partial charge in [0.15, 0.2) is 5.76 Å². The molecule has 1 aromatic heterocycles. The summed E-state index contributed by atoms with van der Waals surface area (Å²) in [6, 6.07) is 3.01. The summed E-state index contributed by atoms with van der Waals surface area (Å²) in [5.41, 5.74) is 0. The van der Waals surface area contributed by atoms with Crippen LogP contribution in [0.2, 0.25) is 0 Å². The third-order valence-corrected chi connectivity index (χ3v) is 1.15. The Hall–Kier alpha value is -1.78. The van der Waals surface area contributed by atoms with E-state index < -0.39 is 18.4 Å². The highest BCUT2D eigenvalue weighted by atomic mass is 16.4. The van der Waals surface area contributed by atoms with Gasteiger partial charge in [-0.25, -0.2) is 0 Å². The predicted octanol–water partition coefficient (Wildman–Crippen LogP) is 0.0940. The number of rotatable bonds is 3. The van der Waals surface area contributed by atoms with Crippen LogP contribution in [0, 0.1) is 0 Å². The van der Waals surface area contributed by atoms with E-state index >= 15 is 0 Å². The lowest BCUT2D eigenvalue weighted by Crippen LogP contribution is -2.28. The van der Waals surface area contributed by atoms with Gasteiger partial charge in [-0.3, -0.25) is 9.59 Å². The fraction of sp³-hybridized carbons (Fsp3) is 0.143. The molecule has 0 aliphatic rings. The molecule has 1 aromatic rings. The first-order chi connectivity index (χ1) is 5.70. The molecule has 12 heavy (non-hydrogen) atoms. The summed E-state index contributed by atoms with van der Waals surface area (Å²) < 4.78 is 4.72. The maximum atomic E-state index is 10.9. The lowest BCUT2D eigenvalue weighted by molar-refractivity contribution is -0.135. The van der Waals surface area contributed by atoms with Crippen LogP contribution in [0.3, 0.4) is 0 Å². The number of hydrogen-bond donors (Lipinski definition) is 2. The van der Waals surface area contributed by atoms with Crippen LogP contribution < -0.4 is 5.32 Å². The van der Waals surface area contributed by atoms with Crippen molar-refractivity contribution in [1.82, 2.24) is 5.32 Å². The number of nitrogens with one attached hydrogen (secondary N) is 1. The fourth-order valence-corrected chi connectivity index (χ4v) is 0.651. The number of furan rings is 1. The van der Waals surface area contributed by atoms with Gasteiger partial charge >= 0.3 is 5.97 Å². The molecule has 1 amide bonds. The molecule has 0 spiro atoms. The van der Waals surface area contributed by atoms with E-state index in [4.69, 9.17) is 9.52 Å². The second kappa shape index (κ2) is 3.56. The van der Waals surface area contributed by atoms with Gasteiger partial charge in [0.2, 0.25) is 0 Å². The van der Waals surface area contributed by atoms with Crippen molar-refractivity contribution < 1.29 is 19.1 Å². The van der Waals surface area contributed by atoms with Gasteiger partial charge < -0.3 is 14.8 Å². The van der Waals surface area contributed by atoms with E-state index in [1.54, 1.807) is 6.07 Å². The van der Waals surface area contributed by atoms with Gasteiger partial charge in [0.1, 0.15) is 6.54 Å². The summed E-state index contributed by atoms with van der Waals surface area (Å²) in [7, 11) is 0. The number of carboxylic acids is 1. The number of carboxylic acid groups (broad SMARTS) is 1. The lowest BCUT2D eigenvalue weighted by atomic mass is 10.4. The normalized spacial score (nSPS) is 9.33. The van der Waals surface area contributed by atoms with Gasteiger partial charge in [0.25, 0.3) is 5.91 Å². The van der Waals surface area contributed by atoms with Crippen molar-refractivity contribution in [3.63, 3.8) is 0 Å². The quantitative estimate of drug-likeness (QED) is 0.672. The number of amides is 1. The SMILES string of the molecule is O=C(O)CNC(=O)c1ccco1. The summed E-state index contributed by atoms with van der Waals surface area (Å²) in [5, 5.41) is 10.4. The van der Waals surface area contributed by atoms with E-state index in [1.807, 2.05) is 0 Å². The lowest BCUT2D eigenvalue weighted by Gasteiger charge is -1.96. The number of carbonyl (C=O) groups excluding carboxylic acids is 1. The summed E-state index contributed by atoms with van der Waals surface area (Å²) in [6.45, 7) is -0.403. The Balaban J connectivity index is 2.45. The van der Waals surface area contributed by atoms with Crippen LogP contribution in [0.15, 0.2) is 22.8 Å². The standard InChI is InChI=1S/C7H7NO4/c9-6(10)4-8-7(11)5-2-1-3-12-5/h1-3H,4H2,(H,8,11)(H,9,10). The van der Waals surface area contributed by atoms with Crippen LogP contribution in [0.4, 0.5) is 0 Å². The largest absolute Gasteiger partial charge is 0.480 e. The van der Waals surface area contributed by atoms with E-state index in [1.165, 1.54) is 12.3 Å². The fourth-order valence-electron chi connectivity index (χ4n) is 0.651. The van der Waals surface area contributed by atoms with Crippen molar-refractivity contribution in [2.75, 3.05) is 6.54 Å². The van der Waals surface area contributed by atoms with E-state index in [2.05, 4.69) is 5.32 Å². The molecule has 0 atom stereocenters. The summed E-state index contributed by atoms with van der Waals surface area (Å²) in [5.74, 6) is -1.51. The number of aliphatic carboxylic acids is 1. The molecule has 0 aliphatic carbocycles. The number of hydrogen-bond acceptors (Lipinski definition) is 3. The second-order valence-electron chi connectivity index (χ2n) is 2.05. The average molecular weight is 169 g/mol. The molecule has 0 aromatic carbocycles. The smallest absolute Gasteiger partial charge is 0.322 e. The summed E-state index contributed by atoms with van der Waals surface area (Å²) in [6.07, 6.45) is 1.34. The topological polar surface area (TPSA) is 79.5 Å². The number of carbonyl (C=O) groups is 2. The first kappa shape index (κ1) is 8.32. The summed E-state index contributed by atoms with van der Waals surface area (Å²) in [4.78, 5) is 21.0. The monoisotopic (exact) mass is 169 g/mol. The average Bonchev–Trinajstić information content (AvgIpc) is 2.51. The molecule has 64 valence electrons. The molecule has 0 radical (unpaired) electrons. The third-order valence-electron chi connectivity index (χ3n) is 1.15. The second-order valence-corrected chi connectivity index (χ2v) is 2.05. The minimum Gasteiger partial charge on any atom is -0.480 e. The minimum atomic E-state index is -1.09. The highest BCUT2D eigenvalue weighted by molar-refractivity contribution is 5.93. The summed E-state index contributed by atoms with van der Waals surface area (Å²) >= 11 is 0. The Kier molecular flexibility index (Phi) is 2.47. The Labute approximate surface area is 68.0 Å². The molecular formula is C7H7NO4. The van der Waals surface area contributed by atoms with Gasteiger partial charge in [0, 0.05) is 0 Å². The van der Waals surface area contributed by atoms with E-state index in [-0.39, 0.29) is 5.76 Å². The minimum absolute atomic E-state index is 0.108. The van der Waals surface area contributed by atoms with Crippen molar-refractivity contribution in [3.05, 3.63) is 24.2 Å². The van der Waals surface area contributed by atoms with Crippen LogP contribution in [-0.2, 0) is 4.79 Å². The van der Waals surface area contributed by atoms with Crippen LogP contribution in [-0.4, -0.2) is 23.5 Å². The van der Waals surface area contributed by atoms with Gasteiger partial charge in [-0.15, -0.1) is 0 Å². The molecule has 5 heteroatoms. The van der Waals surface area contributed by atoms with Crippen LogP contribution >= 0.6 is 0 Å². The Morgan fingerprint density at radius 2 is 2.33 bits per heavy atom. The zero-order valence-corrected chi connectivity index (χ0v) is 6.11. The van der Waals surface area contributed by atoms with Gasteiger partial charge in [-0.05, 0) is 12.1 Å². The molecule has 0 aliphatic heterocycles.